The van der Waals surface area contributed by atoms with Crippen molar-refractivity contribution in [1.82, 2.24) is 15.6 Å². The zero-order valence-corrected chi connectivity index (χ0v) is 10.8. The Bertz CT molecular complexity index is 551. The highest BCUT2D eigenvalue weighted by atomic mass is 32.2. The molecule has 0 spiro atoms. The molecule has 0 aromatic heterocycles. The second kappa shape index (κ2) is 4.05. The van der Waals surface area contributed by atoms with E-state index >= 15 is 0 Å². The minimum atomic E-state index is -3.47. The van der Waals surface area contributed by atoms with Crippen LogP contribution in [0.3, 0.4) is 0 Å². The number of hydrazine groups is 2. The lowest BCUT2D eigenvalue weighted by Gasteiger charge is -2.23. The average molecular weight is 253 g/mol. The van der Waals surface area contributed by atoms with Gasteiger partial charge in [-0.05, 0) is 19.1 Å². The van der Waals surface area contributed by atoms with Crippen LogP contribution in [0.2, 0.25) is 0 Å². The van der Waals surface area contributed by atoms with E-state index in [1.54, 1.807) is 61.5 Å². The van der Waals surface area contributed by atoms with Crippen LogP contribution in [0.4, 0.5) is 0 Å². The van der Waals surface area contributed by atoms with Crippen LogP contribution >= 0.6 is 0 Å². The molecule has 5 nitrogen and oxygen atoms in total. The summed E-state index contributed by atoms with van der Waals surface area (Å²) < 4.78 is 24.9. The predicted molar refractivity (Wildman–Crippen MR) is 65.0 cm³/mol. The predicted octanol–water partition coefficient (Wildman–Crippen LogP) is 0.946. The molecule has 0 unspecified atom stereocenters. The van der Waals surface area contributed by atoms with Crippen molar-refractivity contribution in [3.8, 4) is 0 Å². The first-order valence-electron chi connectivity index (χ1n) is 5.19. The molecule has 0 saturated carbocycles. The molecule has 0 bridgehead atoms. The summed E-state index contributed by atoms with van der Waals surface area (Å²) in [5.41, 5.74) is 3.58. The van der Waals surface area contributed by atoms with Gasteiger partial charge in [0.15, 0.2) is 5.03 Å². The van der Waals surface area contributed by atoms with Gasteiger partial charge in [0.2, 0.25) is 9.84 Å². The number of rotatable bonds is 2. The van der Waals surface area contributed by atoms with Gasteiger partial charge >= 0.3 is 0 Å². The first kappa shape index (κ1) is 11.9. The smallest absolute Gasteiger partial charge is 0.224 e. The van der Waals surface area contributed by atoms with Crippen molar-refractivity contribution >= 4 is 9.84 Å². The number of sulfone groups is 1. The molecule has 1 aliphatic heterocycles. The van der Waals surface area contributed by atoms with Crippen LogP contribution in [0.5, 0.6) is 0 Å². The molecule has 0 atom stereocenters. The fourth-order valence-electron chi connectivity index (χ4n) is 1.83. The SMILES string of the molecule is CC1=C(S(=O)(=O)c2ccccc2)N(C)N(C)N1. The first-order chi connectivity index (χ1) is 7.94. The van der Waals surface area contributed by atoms with Gasteiger partial charge < -0.3 is 5.43 Å². The van der Waals surface area contributed by atoms with Crippen molar-refractivity contribution < 1.29 is 8.42 Å². The van der Waals surface area contributed by atoms with Crippen molar-refractivity contribution in [3.05, 3.63) is 41.1 Å². The molecule has 0 saturated heterocycles. The third-order valence-electron chi connectivity index (χ3n) is 2.70. The van der Waals surface area contributed by atoms with E-state index in [1.165, 1.54) is 0 Å². The van der Waals surface area contributed by atoms with Crippen LogP contribution in [0.1, 0.15) is 6.92 Å². The number of hydrogen-bond acceptors (Lipinski definition) is 5. The van der Waals surface area contributed by atoms with E-state index in [4.69, 9.17) is 0 Å². The quantitative estimate of drug-likeness (QED) is 0.850. The van der Waals surface area contributed by atoms with Crippen LogP contribution in [0.15, 0.2) is 46.0 Å². The van der Waals surface area contributed by atoms with E-state index in [2.05, 4.69) is 5.43 Å². The molecule has 0 radical (unpaired) electrons. The summed E-state index contributed by atoms with van der Waals surface area (Å²) in [7, 11) is -0.0000231. The van der Waals surface area contributed by atoms with Crippen molar-refractivity contribution in [2.45, 2.75) is 11.8 Å². The molecular weight excluding hydrogens is 238 g/mol. The molecule has 1 N–H and O–H groups in total. The molecule has 0 amide bonds. The maximum atomic E-state index is 12.4. The normalized spacial score (nSPS) is 17.5. The summed E-state index contributed by atoms with van der Waals surface area (Å²) in [5.74, 6) is 0. The van der Waals surface area contributed by atoms with Crippen LogP contribution in [0, 0.1) is 0 Å². The molecule has 1 aliphatic rings. The number of nitrogens with zero attached hydrogens (tertiary/aromatic N) is 2. The van der Waals surface area contributed by atoms with Gasteiger partial charge in [0.05, 0.1) is 10.6 Å². The lowest BCUT2D eigenvalue weighted by molar-refractivity contribution is 0.0587. The lowest BCUT2D eigenvalue weighted by atomic mass is 10.4. The highest BCUT2D eigenvalue weighted by molar-refractivity contribution is 7.95. The first-order valence-corrected chi connectivity index (χ1v) is 6.68. The Labute approximate surface area is 101 Å². The van der Waals surface area contributed by atoms with Gasteiger partial charge in [0.1, 0.15) is 0 Å². The maximum Gasteiger partial charge on any atom is 0.224 e. The highest BCUT2D eigenvalue weighted by Gasteiger charge is 2.32. The Balaban J connectivity index is 2.52. The van der Waals surface area contributed by atoms with Crippen LogP contribution in [0.25, 0.3) is 0 Å². The van der Waals surface area contributed by atoms with Crippen molar-refractivity contribution in [2.75, 3.05) is 14.1 Å². The standard InChI is InChI=1S/C11H15N3O2S/c1-9-11(13(2)14(3)12-9)17(15,16)10-7-5-4-6-8-10/h4-8,12H,1-3H3. The number of benzene rings is 1. The van der Waals surface area contributed by atoms with Gasteiger partial charge in [0.25, 0.3) is 0 Å². The fraction of sp³-hybridized carbons (Fsp3) is 0.273. The average Bonchev–Trinajstić information content (AvgIpc) is 2.54. The third-order valence-corrected chi connectivity index (χ3v) is 4.67. The number of allylic oxidation sites excluding steroid dienone is 1. The second-order valence-electron chi connectivity index (χ2n) is 3.91. The van der Waals surface area contributed by atoms with E-state index in [9.17, 15) is 8.42 Å². The fourth-order valence-corrected chi connectivity index (χ4v) is 3.49. The Morgan fingerprint density at radius 1 is 1.12 bits per heavy atom. The van der Waals surface area contributed by atoms with E-state index in [1.807, 2.05) is 0 Å². The Hall–Kier alpha value is -1.53. The lowest BCUT2D eigenvalue weighted by Crippen LogP contribution is -2.38. The zero-order valence-electron chi connectivity index (χ0n) is 10.0. The van der Waals surface area contributed by atoms with Crippen molar-refractivity contribution in [2.24, 2.45) is 0 Å². The topological polar surface area (TPSA) is 52.7 Å². The molecule has 2 rings (SSSR count). The molecule has 92 valence electrons. The van der Waals surface area contributed by atoms with Gasteiger partial charge in [0, 0.05) is 14.1 Å². The summed E-state index contributed by atoms with van der Waals surface area (Å²) in [6.07, 6.45) is 0. The zero-order chi connectivity index (χ0) is 12.6. The van der Waals surface area contributed by atoms with Crippen LogP contribution in [-0.2, 0) is 9.84 Å². The summed E-state index contributed by atoms with van der Waals surface area (Å²) in [6.45, 7) is 1.75. The summed E-state index contributed by atoms with van der Waals surface area (Å²) in [4.78, 5) is 0.304. The number of hydrogen-bond donors (Lipinski definition) is 1. The van der Waals surface area contributed by atoms with Crippen molar-refractivity contribution in [3.63, 3.8) is 0 Å². The van der Waals surface area contributed by atoms with E-state index in [-0.39, 0.29) is 5.03 Å². The second-order valence-corrected chi connectivity index (χ2v) is 5.77. The van der Waals surface area contributed by atoms with E-state index in [0.29, 0.717) is 10.6 Å². The van der Waals surface area contributed by atoms with E-state index < -0.39 is 9.84 Å². The molecule has 1 heterocycles. The Kier molecular flexibility index (Phi) is 2.84. The summed E-state index contributed by atoms with van der Waals surface area (Å²) in [5, 5.41) is 3.49. The van der Waals surface area contributed by atoms with E-state index in [0.717, 1.165) is 0 Å². The molecule has 0 aliphatic carbocycles. The Morgan fingerprint density at radius 2 is 1.71 bits per heavy atom. The monoisotopic (exact) mass is 253 g/mol. The minimum Gasteiger partial charge on any atom is -0.303 e. The minimum absolute atomic E-state index is 0.284. The molecule has 1 aromatic carbocycles. The highest BCUT2D eigenvalue weighted by Crippen LogP contribution is 2.27. The third kappa shape index (κ3) is 1.89. The summed E-state index contributed by atoms with van der Waals surface area (Å²) in [6, 6.07) is 8.43. The largest absolute Gasteiger partial charge is 0.303 e. The van der Waals surface area contributed by atoms with Gasteiger partial charge in [-0.25, -0.2) is 8.42 Å². The summed E-state index contributed by atoms with van der Waals surface area (Å²) >= 11 is 0. The molecule has 0 fully saturated rings. The molecule has 6 heteroatoms. The molecule has 1 aromatic rings. The molecule has 17 heavy (non-hydrogen) atoms. The van der Waals surface area contributed by atoms with Crippen LogP contribution in [-0.4, -0.2) is 32.6 Å². The van der Waals surface area contributed by atoms with Gasteiger partial charge in [-0.1, -0.05) is 18.2 Å². The van der Waals surface area contributed by atoms with Crippen LogP contribution < -0.4 is 5.43 Å². The van der Waals surface area contributed by atoms with Crippen molar-refractivity contribution in [1.29, 1.82) is 0 Å². The van der Waals surface area contributed by atoms with Gasteiger partial charge in [-0.2, -0.15) is 0 Å². The van der Waals surface area contributed by atoms with Gasteiger partial charge in [-0.3, -0.25) is 5.01 Å². The Morgan fingerprint density at radius 3 is 2.18 bits per heavy atom. The molecular formula is C11H15N3O2S. The van der Waals surface area contributed by atoms with Gasteiger partial charge in [-0.15, -0.1) is 5.12 Å². The maximum absolute atomic E-state index is 12.4. The number of nitrogens with one attached hydrogen (secondary N) is 1.